The van der Waals surface area contributed by atoms with Crippen LogP contribution in [0, 0.1) is 0 Å². The smallest absolute Gasteiger partial charge is 0.239 e. The molecule has 0 bridgehead atoms. The van der Waals surface area contributed by atoms with Crippen molar-refractivity contribution in [2.45, 2.75) is 43.0 Å². The molecule has 2 heterocycles. The molecule has 1 aliphatic carbocycles. The summed E-state index contributed by atoms with van der Waals surface area (Å²) in [6, 6.07) is 15.5. The zero-order chi connectivity index (χ0) is 22.1. The lowest BCUT2D eigenvalue weighted by Crippen LogP contribution is -2.02. The monoisotopic (exact) mass is 467 g/mol. The van der Waals surface area contributed by atoms with E-state index in [2.05, 4.69) is 20.3 Å². The van der Waals surface area contributed by atoms with E-state index in [4.69, 9.17) is 20.9 Å². The van der Waals surface area contributed by atoms with Gasteiger partial charge in [0.2, 0.25) is 5.89 Å². The minimum absolute atomic E-state index is 0.0836. The molecule has 0 amide bonds. The van der Waals surface area contributed by atoms with Crippen LogP contribution in [0.25, 0.3) is 17.1 Å². The van der Waals surface area contributed by atoms with Crippen LogP contribution in [0.5, 0.6) is 5.75 Å². The first-order valence-electron chi connectivity index (χ1n) is 10.6. The molecule has 9 heteroatoms. The van der Waals surface area contributed by atoms with E-state index in [9.17, 15) is 0 Å². The van der Waals surface area contributed by atoms with Gasteiger partial charge in [0.15, 0.2) is 16.8 Å². The van der Waals surface area contributed by atoms with Crippen LogP contribution in [0.15, 0.2) is 58.2 Å². The number of hydrogen-bond donors (Lipinski definition) is 0. The fourth-order valence-corrected chi connectivity index (χ4v) is 4.50. The molecule has 1 aliphatic rings. The lowest BCUT2D eigenvalue weighted by molar-refractivity contribution is 0.340. The highest BCUT2D eigenvalue weighted by molar-refractivity contribution is 7.99. The first-order valence-corrected chi connectivity index (χ1v) is 11.8. The molecule has 2 aromatic carbocycles. The van der Waals surface area contributed by atoms with Crippen molar-refractivity contribution >= 4 is 23.4 Å². The number of aromatic nitrogens is 5. The van der Waals surface area contributed by atoms with Crippen LogP contribution in [0.1, 0.15) is 49.6 Å². The van der Waals surface area contributed by atoms with Crippen molar-refractivity contribution in [3.63, 3.8) is 0 Å². The van der Waals surface area contributed by atoms with Crippen LogP contribution in [-0.2, 0) is 0 Å². The van der Waals surface area contributed by atoms with Gasteiger partial charge in [-0.05, 0) is 63.1 Å². The van der Waals surface area contributed by atoms with Crippen LogP contribution in [0.4, 0.5) is 0 Å². The highest BCUT2D eigenvalue weighted by atomic mass is 35.5. The molecule has 0 saturated heterocycles. The van der Waals surface area contributed by atoms with Crippen molar-refractivity contribution in [2.24, 2.45) is 0 Å². The van der Waals surface area contributed by atoms with Gasteiger partial charge in [0, 0.05) is 17.2 Å². The Morgan fingerprint density at radius 2 is 1.94 bits per heavy atom. The number of benzene rings is 2. The van der Waals surface area contributed by atoms with Gasteiger partial charge < -0.3 is 9.26 Å². The molecule has 1 saturated carbocycles. The van der Waals surface area contributed by atoms with E-state index in [1.165, 1.54) is 11.8 Å². The molecule has 164 valence electrons. The van der Waals surface area contributed by atoms with Crippen LogP contribution in [0.3, 0.4) is 0 Å². The number of halogens is 1. The standard InChI is InChI=1S/C23H22ClN5O2S/c1-3-30-17-12-10-16(11-13-17)29-21(18-6-4-5-7-19(18)24)26-27-23(29)32-14(2)22-25-20(28-31-22)15-8-9-15/h4-7,10-15H,3,8-9H2,1-2H3. The molecule has 0 N–H and O–H groups in total. The summed E-state index contributed by atoms with van der Waals surface area (Å²) in [5.41, 5.74) is 1.72. The number of hydrogen-bond acceptors (Lipinski definition) is 7. The van der Waals surface area contributed by atoms with Crippen LogP contribution < -0.4 is 4.74 Å². The molecule has 2 aromatic heterocycles. The molecule has 5 rings (SSSR count). The Labute approximate surface area is 195 Å². The van der Waals surface area contributed by atoms with E-state index in [1.54, 1.807) is 0 Å². The van der Waals surface area contributed by atoms with Crippen molar-refractivity contribution in [2.75, 3.05) is 6.61 Å². The largest absolute Gasteiger partial charge is 0.494 e. The molecule has 0 spiro atoms. The van der Waals surface area contributed by atoms with Crippen LogP contribution >= 0.6 is 23.4 Å². The Kier molecular flexibility index (Phi) is 5.89. The Morgan fingerprint density at radius 3 is 2.66 bits per heavy atom. The van der Waals surface area contributed by atoms with Gasteiger partial charge in [0.25, 0.3) is 0 Å². The van der Waals surface area contributed by atoms with Crippen molar-refractivity contribution in [1.82, 2.24) is 24.9 Å². The van der Waals surface area contributed by atoms with Gasteiger partial charge in [0.1, 0.15) is 5.75 Å². The number of thioether (sulfide) groups is 1. The second kappa shape index (κ2) is 8.96. The third-order valence-corrected chi connectivity index (χ3v) is 6.54. The molecule has 32 heavy (non-hydrogen) atoms. The Bertz CT molecular complexity index is 1220. The van der Waals surface area contributed by atoms with Crippen LogP contribution in [-0.4, -0.2) is 31.5 Å². The molecule has 1 unspecified atom stereocenters. The van der Waals surface area contributed by atoms with Crippen molar-refractivity contribution < 1.29 is 9.26 Å². The maximum absolute atomic E-state index is 6.49. The molecule has 1 atom stereocenters. The van der Waals surface area contributed by atoms with E-state index in [0.29, 0.717) is 34.4 Å². The third-order valence-electron chi connectivity index (χ3n) is 5.18. The van der Waals surface area contributed by atoms with E-state index in [0.717, 1.165) is 35.7 Å². The quantitative estimate of drug-likeness (QED) is 0.289. The van der Waals surface area contributed by atoms with E-state index < -0.39 is 0 Å². The van der Waals surface area contributed by atoms with Gasteiger partial charge in [-0.3, -0.25) is 4.57 Å². The van der Waals surface area contributed by atoms with Crippen molar-refractivity contribution in [1.29, 1.82) is 0 Å². The molecular weight excluding hydrogens is 446 g/mol. The zero-order valence-corrected chi connectivity index (χ0v) is 19.3. The maximum atomic E-state index is 6.49. The predicted molar refractivity (Wildman–Crippen MR) is 124 cm³/mol. The summed E-state index contributed by atoms with van der Waals surface area (Å²) < 4.78 is 13.1. The number of rotatable bonds is 8. The average molecular weight is 468 g/mol. The van der Waals surface area contributed by atoms with Gasteiger partial charge in [0.05, 0.1) is 16.9 Å². The van der Waals surface area contributed by atoms with Gasteiger partial charge >= 0.3 is 0 Å². The topological polar surface area (TPSA) is 78.9 Å². The Hall–Kier alpha value is -2.84. The molecular formula is C23H22ClN5O2S. The second-order valence-electron chi connectivity index (χ2n) is 7.57. The van der Waals surface area contributed by atoms with Gasteiger partial charge in [-0.15, -0.1) is 10.2 Å². The van der Waals surface area contributed by atoms with Crippen LogP contribution in [0.2, 0.25) is 5.02 Å². The Morgan fingerprint density at radius 1 is 1.16 bits per heavy atom. The van der Waals surface area contributed by atoms with Gasteiger partial charge in [-0.1, -0.05) is 40.7 Å². The third kappa shape index (κ3) is 4.25. The molecule has 4 aromatic rings. The lowest BCUT2D eigenvalue weighted by Gasteiger charge is -2.13. The lowest BCUT2D eigenvalue weighted by atomic mass is 10.2. The first-order chi connectivity index (χ1) is 15.6. The summed E-state index contributed by atoms with van der Waals surface area (Å²) in [6.45, 7) is 4.61. The summed E-state index contributed by atoms with van der Waals surface area (Å²) in [5.74, 6) is 3.32. The summed E-state index contributed by atoms with van der Waals surface area (Å²) in [7, 11) is 0. The Balaban J connectivity index is 1.52. The fourth-order valence-electron chi connectivity index (χ4n) is 3.38. The second-order valence-corrected chi connectivity index (χ2v) is 9.29. The maximum Gasteiger partial charge on any atom is 0.239 e. The molecule has 7 nitrogen and oxygen atoms in total. The van der Waals surface area contributed by atoms with Crippen molar-refractivity contribution in [3.05, 3.63) is 65.3 Å². The highest BCUT2D eigenvalue weighted by Crippen LogP contribution is 2.41. The zero-order valence-electron chi connectivity index (χ0n) is 17.7. The van der Waals surface area contributed by atoms with E-state index in [-0.39, 0.29) is 5.25 Å². The minimum atomic E-state index is -0.0836. The summed E-state index contributed by atoms with van der Waals surface area (Å²) in [4.78, 5) is 4.59. The normalized spacial score (nSPS) is 14.5. The predicted octanol–water partition coefficient (Wildman–Crippen LogP) is 6.10. The van der Waals surface area contributed by atoms with Crippen molar-refractivity contribution in [3.8, 4) is 22.8 Å². The summed E-state index contributed by atoms with van der Waals surface area (Å²) >= 11 is 8.01. The van der Waals surface area contributed by atoms with E-state index >= 15 is 0 Å². The fraction of sp³-hybridized carbons (Fsp3) is 0.304. The number of nitrogens with zero attached hydrogens (tertiary/aromatic N) is 5. The van der Waals surface area contributed by atoms with Gasteiger partial charge in [-0.2, -0.15) is 4.98 Å². The summed E-state index contributed by atoms with van der Waals surface area (Å²) in [5, 5.41) is 14.3. The highest BCUT2D eigenvalue weighted by Gasteiger charge is 2.30. The molecule has 1 fully saturated rings. The molecule has 0 aliphatic heterocycles. The van der Waals surface area contributed by atoms with E-state index in [1.807, 2.05) is 66.9 Å². The summed E-state index contributed by atoms with van der Waals surface area (Å²) in [6.07, 6.45) is 2.27. The first kappa shape index (κ1) is 21.0. The minimum Gasteiger partial charge on any atom is -0.494 e. The molecule has 0 radical (unpaired) electrons. The number of ether oxygens (including phenoxy) is 1. The SMILES string of the molecule is CCOc1ccc(-n2c(SC(C)c3nc(C4CC4)no3)nnc2-c2ccccc2Cl)cc1. The average Bonchev–Trinajstić information content (AvgIpc) is 3.38. The van der Waals surface area contributed by atoms with Gasteiger partial charge in [-0.25, -0.2) is 0 Å².